The number of thiophene rings is 1. The van der Waals surface area contributed by atoms with Gasteiger partial charge >= 0.3 is 0 Å². The Morgan fingerprint density at radius 2 is 2.04 bits per heavy atom. The fraction of sp³-hybridized carbons (Fsp3) is 0.421. The van der Waals surface area contributed by atoms with Gasteiger partial charge in [0.1, 0.15) is 5.75 Å². The fourth-order valence-corrected chi connectivity index (χ4v) is 4.24. The van der Waals surface area contributed by atoms with Crippen LogP contribution < -0.4 is 4.74 Å². The predicted octanol–water partition coefficient (Wildman–Crippen LogP) is 2.79. The summed E-state index contributed by atoms with van der Waals surface area (Å²) in [6, 6.07) is 12.2. The van der Waals surface area contributed by atoms with Crippen molar-refractivity contribution in [2.24, 2.45) is 0 Å². The molecule has 1 fully saturated rings. The van der Waals surface area contributed by atoms with Crippen molar-refractivity contribution >= 4 is 17.2 Å². The van der Waals surface area contributed by atoms with Crippen molar-refractivity contribution in [3.63, 3.8) is 0 Å². The van der Waals surface area contributed by atoms with Gasteiger partial charge in [0.2, 0.25) is 0 Å². The Kier molecular flexibility index (Phi) is 4.54. The Hall–Kier alpha value is -1.85. The normalized spacial score (nSPS) is 21.2. The van der Waals surface area contributed by atoms with Gasteiger partial charge in [-0.25, -0.2) is 0 Å². The topological polar surface area (TPSA) is 32.8 Å². The molecule has 2 aliphatic rings. The molecule has 5 heteroatoms. The van der Waals surface area contributed by atoms with E-state index in [1.807, 2.05) is 29.2 Å². The van der Waals surface area contributed by atoms with Gasteiger partial charge < -0.3 is 9.64 Å². The molecular formula is C19H22N2O2S. The highest BCUT2D eigenvalue weighted by Crippen LogP contribution is 2.29. The first kappa shape index (κ1) is 15.7. The second-order valence-electron chi connectivity index (χ2n) is 6.45. The standard InChI is InChI=1S/C19H22N2O2S/c22-19(18-13-15-5-1-2-7-17(15)23-18)21-9-4-8-20(10-11-21)14-16-6-3-12-24-16/h1-3,5-7,12,18H,4,8-11,13-14H2. The minimum atomic E-state index is -0.341. The first-order valence-electron chi connectivity index (χ1n) is 8.58. The third-order valence-corrected chi connectivity index (χ3v) is 5.64. The van der Waals surface area contributed by atoms with Gasteiger partial charge in [-0.2, -0.15) is 0 Å². The van der Waals surface area contributed by atoms with Crippen LogP contribution >= 0.6 is 11.3 Å². The lowest BCUT2D eigenvalue weighted by atomic mass is 10.1. The van der Waals surface area contributed by atoms with E-state index in [9.17, 15) is 4.79 Å². The number of amides is 1. The van der Waals surface area contributed by atoms with E-state index in [0.29, 0.717) is 6.42 Å². The highest BCUT2D eigenvalue weighted by Gasteiger charge is 2.32. The van der Waals surface area contributed by atoms with Crippen LogP contribution in [0.3, 0.4) is 0 Å². The summed E-state index contributed by atoms with van der Waals surface area (Å²) in [5.74, 6) is 1.01. The lowest BCUT2D eigenvalue weighted by molar-refractivity contribution is -0.137. The molecule has 126 valence electrons. The van der Waals surface area contributed by atoms with Gasteiger partial charge in [0.15, 0.2) is 6.10 Å². The molecule has 4 rings (SSSR count). The number of hydrogen-bond donors (Lipinski definition) is 0. The third kappa shape index (κ3) is 3.32. The predicted molar refractivity (Wildman–Crippen MR) is 95.4 cm³/mol. The van der Waals surface area contributed by atoms with E-state index in [1.54, 1.807) is 11.3 Å². The molecule has 0 bridgehead atoms. The number of carbonyl (C=O) groups is 1. The van der Waals surface area contributed by atoms with Crippen LogP contribution in [0, 0.1) is 0 Å². The summed E-state index contributed by atoms with van der Waals surface area (Å²) < 4.78 is 5.87. The Bertz CT molecular complexity index is 676. The molecule has 1 saturated heterocycles. The second kappa shape index (κ2) is 6.95. The average Bonchev–Trinajstić information content (AvgIpc) is 3.20. The van der Waals surface area contributed by atoms with Crippen LogP contribution in [0.1, 0.15) is 16.9 Å². The molecule has 0 aliphatic carbocycles. The number of para-hydroxylation sites is 1. The molecule has 1 amide bonds. The highest BCUT2D eigenvalue weighted by molar-refractivity contribution is 7.09. The second-order valence-corrected chi connectivity index (χ2v) is 7.48. The summed E-state index contributed by atoms with van der Waals surface area (Å²) in [5.41, 5.74) is 1.14. The largest absolute Gasteiger partial charge is 0.480 e. The molecular weight excluding hydrogens is 320 g/mol. The Morgan fingerprint density at radius 3 is 2.88 bits per heavy atom. The van der Waals surface area contributed by atoms with E-state index in [0.717, 1.165) is 50.5 Å². The van der Waals surface area contributed by atoms with Crippen molar-refractivity contribution in [1.29, 1.82) is 0 Å². The van der Waals surface area contributed by atoms with Crippen molar-refractivity contribution < 1.29 is 9.53 Å². The minimum absolute atomic E-state index is 0.143. The smallest absolute Gasteiger partial charge is 0.264 e. The zero-order valence-electron chi connectivity index (χ0n) is 13.7. The molecule has 0 saturated carbocycles. The van der Waals surface area contributed by atoms with Crippen molar-refractivity contribution in [3.05, 3.63) is 52.2 Å². The fourth-order valence-electron chi connectivity index (χ4n) is 3.50. The Labute approximate surface area is 146 Å². The van der Waals surface area contributed by atoms with Crippen molar-refractivity contribution in [1.82, 2.24) is 9.80 Å². The van der Waals surface area contributed by atoms with Gasteiger partial charge in [0.25, 0.3) is 5.91 Å². The van der Waals surface area contributed by atoms with E-state index in [1.165, 1.54) is 4.88 Å². The number of benzene rings is 1. The van der Waals surface area contributed by atoms with Gasteiger partial charge in [-0.1, -0.05) is 24.3 Å². The Morgan fingerprint density at radius 1 is 1.12 bits per heavy atom. The van der Waals surface area contributed by atoms with E-state index >= 15 is 0 Å². The van der Waals surface area contributed by atoms with Crippen LogP contribution in [-0.4, -0.2) is 48.0 Å². The first-order valence-corrected chi connectivity index (χ1v) is 9.45. The lowest BCUT2D eigenvalue weighted by Crippen LogP contribution is -2.43. The van der Waals surface area contributed by atoms with E-state index in [4.69, 9.17) is 4.74 Å². The number of rotatable bonds is 3. The van der Waals surface area contributed by atoms with Crippen molar-refractivity contribution in [2.75, 3.05) is 26.2 Å². The molecule has 0 N–H and O–H groups in total. The molecule has 1 unspecified atom stereocenters. The number of fused-ring (bicyclic) bond motifs is 1. The summed E-state index contributed by atoms with van der Waals surface area (Å²) in [7, 11) is 0. The number of nitrogens with zero attached hydrogens (tertiary/aromatic N) is 2. The van der Waals surface area contributed by atoms with Crippen LogP contribution in [0.2, 0.25) is 0 Å². The van der Waals surface area contributed by atoms with Crippen molar-refractivity contribution in [2.45, 2.75) is 25.5 Å². The number of hydrogen-bond acceptors (Lipinski definition) is 4. The average molecular weight is 342 g/mol. The van der Waals surface area contributed by atoms with Crippen LogP contribution in [-0.2, 0) is 17.8 Å². The van der Waals surface area contributed by atoms with Crippen molar-refractivity contribution in [3.8, 4) is 5.75 Å². The lowest BCUT2D eigenvalue weighted by Gasteiger charge is -2.24. The SMILES string of the molecule is O=C(C1Cc2ccccc2O1)N1CCCN(Cc2cccs2)CC1. The van der Waals surface area contributed by atoms with E-state index < -0.39 is 0 Å². The molecule has 4 nitrogen and oxygen atoms in total. The van der Waals surface area contributed by atoms with Gasteiger partial charge in [-0.15, -0.1) is 11.3 Å². The summed E-state index contributed by atoms with van der Waals surface area (Å²) in [5, 5.41) is 2.12. The molecule has 0 spiro atoms. The quantitative estimate of drug-likeness (QED) is 0.860. The van der Waals surface area contributed by atoms with Gasteiger partial charge in [0.05, 0.1) is 0 Å². The third-order valence-electron chi connectivity index (χ3n) is 4.78. The van der Waals surface area contributed by atoms with Gasteiger partial charge in [0, 0.05) is 44.0 Å². The zero-order valence-corrected chi connectivity index (χ0v) is 14.5. The summed E-state index contributed by atoms with van der Waals surface area (Å²) in [6.45, 7) is 4.60. The molecule has 1 aromatic heterocycles. The molecule has 3 heterocycles. The maximum Gasteiger partial charge on any atom is 0.264 e. The summed E-state index contributed by atoms with van der Waals surface area (Å²) >= 11 is 1.80. The van der Waals surface area contributed by atoms with E-state index in [2.05, 4.69) is 22.4 Å². The van der Waals surface area contributed by atoms with Crippen LogP contribution in [0.25, 0.3) is 0 Å². The van der Waals surface area contributed by atoms with Crippen LogP contribution in [0.5, 0.6) is 5.75 Å². The van der Waals surface area contributed by atoms with Crippen LogP contribution in [0.4, 0.5) is 0 Å². The highest BCUT2D eigenvalue weighted by atomic mass is 32.1. The maximum atomic E-state index is 12.8. The maximum absolute atomic E-state index is 12.8. The molecule has 1 aromatic carbocycles. The van der Waals surface area contributed by atoms with E-state index in [-0.39, 0.29) is 12.0 Å². The molecule has 2 aromatic rings. The zero-order chi connectivity index (χ0) is 16.4. The number of ether oxygens (including phenoxy) is 1. The minimum Gasteiger partial charge on any atom is -0.480 e. The molecule has 1 atom stereocenters. The van der Waals surface area contributed by atoms with Gasteiger partial charge in [-0.3, -0.25) is 9.69 Å². The molecule has 24 heavy (non-hydrogen) atoms. The molecule has 0 radical (unpaired) electrons. The Balaban J connectivity index is 1.35. The summed E-state index contributed by atoms with van der Waals surface area (Å²) in [4.78, 5) is 18.7. The number of carbonyl (C=O) groups excluding carboxylic acids is 1. The first-order chi connectivity index (χ1) is 11.8. The summed E-state index contributed by atoms with van der Waals surface area (Å²) in [6.07, 6.45) is 1.38. The van der Waals surface area contributed by atoms with Gasteiger partial charge in [-0.05, 0) is 29.5 Å². The molecule has 2 aliphatic heterocycles. The monoisotopic (exact) mass is 342 g/mol. The van der Waals surface area contributed by atoms with Crippen LogP contribution in [0.15, 0.2) is 41.8 Å².